The maximum atomic E-state index is 11.8. The van der Waals surface area contributed by atoms with E-state index >= 15 is 0 Å². The van der Waals surface area contributed by atoms with Gasteiger partial charge in [-0.2, -0.15) is 0 Å². The molecule has 2 rings (SSSR count). The van der Waals surface area contributed by atoms with Gasteiger partial charge in [-0.3, -0.25) is 0 Å². The van der Waals surface area contributed by atoms with Crippen LogP contribution in [0.25, 0.3) is 0 Å². The molecule has 1 amide bonds. The molecule has 0 saturated carbocycles. The quantitative estimate of drug-likeness (QED) is 0.927. The number of nitrogens with one attached hydrogen (secondary N) is 1. The molecule has 2 heterocycles. The molecule has 2 atom stereocenters. The average molecular weight is 295 g/mol. The summed E-state index contributed by atoms with van der Waals surface area (Å²) in [7, 11) is 0. The number of alkyl carbamates (subject to hydrolysis) is 1. The van der Waals surface area contributed by atoms with Gasteiger partial charge in [0.1, 0.15) is 5.60 Å². The number of carbonyl (C=O) groups is 1. The van der Waals surface area contributed by atoms with Gasteiger partial charge in [-0.05, 0) is 34.1 Å². The van der Waals surface area contributed by atoms with Crippen LogP contribution >= 0.6 is 0 Å². The lowest BCUT2D eigenvalue weighted by molar-refractivity contribution is 0.0506. The number of carbonyl (C=O) groups excluding carboxylic acids is 1. The van der Waals surface area contributed by atoms with Crippen LogP contribution in [0.3, 0.4) is 0 Å². The highest BCUT2D eigenvalue weighted by atomic mass is 16.6. The lowest BCUT2D eigenvalue weighted by Crippen LogP contribution is -2.34. The highest BCUT2D eigenvalue weighted by molar-refractivity contribution is 5.68. The summed E-state index contributed by atoms with van der Waals surface area (Å²) < 4.78 is 12.8. The molecule has 0 spiro atoms. The summed E-state index contributed by atoms with van der Waals surface area (Å²) in [5, 5.41) is 2.85. The van der Waals surface area contributed by atoms with Gasteiger partial charge in [0, 0.05) is 19.1 Å². The molecule has 0 bridgehead atoms. The number of hydrogen-bond acceptors (Lipinski definition) is 4. The first-order valence-corrected chi connectivity index (χ1v) is 7.42. The molecule has 1 N–H and O–H groups in total. The zero-order chi connectivity index (χ0) is 15.5. The highest BCUT2D eigenvalue weighted by Crippen LogP contribution is 2.19. The molecule has 1 aliphatic rings. The Morgan fingerprint density at radius 3 is 3.00 bits per heavy atom. The SMILES string of the molecule is C[C@@H](NC(=O)OC(C)(C)C)c1cncn1CC1CCOC1. The van der Waals surface area contributed by atoms with Crippen LogP contribution in [-0.4, -0.2) is 34.5 Å². The minimum absolute atomic E-state index is 0.148. The molecular formula is C15H25N3O3. The molecule has 1 unspecified atom stereocenters. The molecule has 0 aliphatic carbocycles. The second-order valence-electron chi connectivity index (χ2n) is 6.57. The van der Waals surface area contributed by atoms with Crippen molar-refractivity contribution in [3.63, 3.8) is 0 Å². The molecule has 1 saturated heterocycles. The van der Waals surface area contributed by atoms with Crippen LogP contribution in [0.5, 0.6) is 0 Å². The van der Waals surface area contributed by atoms with Crippen molar-refractivity contribution in [2.75, 3.05) is 13.2 Å². The van der Waals surface area contributed by atoms with E-state index in [1.807, 2.05) is 27.7 Å². The smallest absolute Gasteiger partial charge is 0.408 e. The normalized spacial score (nSPS) is 20.3. The van der Waals surface area contributed by atoms with Crippen LogP contribution in [0.4, 0.5) is 4.79 Å². The van der Waals surface area contributed by atoms with Gasteiger partial charge in [0.2, 0.25) is 0 Å². The van der Waals surface area contributed by atoms with Crippen molar-refractivity contribution >= 4 is 6.09 Å². The van der Waals surface area contributed by atoms with Gasteiger partial charge in [0.15, 0.2) is 0 Å². The third kappa shape index (κ3) is 4.74. The first-order chi connectivity index (χ1) is 9.85. The number of rotatable bonds is 4. The highest BCUT2D eigenvalue weighted by Gasteiger charge is 2.22. The van der Waals surface area contributed by atoms with Crippen LogP contribution in [0.1, 0.15) is 45.9 Å². The van der Waals surface area contributed by atoms with Gasteiger partial charge in [-0.25, -0.2) is 9.78 Å². The molecular weight excluding hydrogens is 270 g/mol. The van der Waals surface area contributed by atoms with Gasteiger partial charge in [0.25, 0.3) is 0 Å². The number of ether oxygens (including phenoxy) is 2. The fourth-order valence-electron chi connectivity index (χ4n) is 2.41. The summed E-state index contributed by atoms with van der Waals surface area (Å²) in [6.07, 6.45) is 4.26. The maximum absolute atomic E-state index is 11.8. The Labute approximate surface area is 125 Å². The van der Waals surface area contributed by atoms with Crippen molar-refractivity contribution in [3.05, 3.63) is 18.2 Å². The van der Waals surface area contributed by atoms with E-state index in [4.69, 9.17) is 9.47 Å². The number of amides is 1. The maximum Gasteiger partial charge on any atom is 0.408 e. The lowest BCUT2D eigenvalue weighted by atomic mass is 10.1. The topological polar surface area (TPSA) is 65.4 Å². The second-order valence-corrected chi connectivity index (χ2v) is 6.57. The van der Waals surface area contributed by atoms with E-state index in [0.717, 1.165) is 31.9 Å². The largest absolute Gasteiger partial charge is 0.444 e. The molecule has 118 valence electrons. The van der Waals surface area contributed by atoms with Crippen molar-refractivity contribution in [1.82, 2.24) is 14.9 Å². The molecule has 1 aliphatic heterocycles. The fourth-order valence-corrected chi connectivity index (χ4v) is 2.41. The lowest BCUT2D eigenvalue weighted by Gasteiger charge is -2.22. The number of hydrogen-bond donors (Lipinski definition) is 1. The summed E-state index contributed by atoms with van der Waals surface area (Å²) in [5.74, 6) is 0.520. The first-order valence-electron chi connectivity index (χ1n) is 7.42. The Morgan fingerprint density at radius 1 is 1.62 bits per heavy atom. The third-order valence-electron chi connectivity index (χ3n) is 3.40. The van der Waals surface area contributed by atoms with Gasteiger partial charge in [-0.1, -0.05) is 0 Å². The van der Waals surface area contributed by atoms with Crippen LogP contribution in [0, 0.1) is 5.92 Å². The van der Waals surface area contributed by atoms with Crippen molar-refractivity contribution in [2.45, 2.75) is 52.3 Å². The molecule has 21 heavy (non-hydrogen) atoms. The van der Waals surface area contributed by atoms with Gasteiger partial charge in [0.05, 0.1) is 30.9 Å². The van der Waals surface area contributed by atoms with Crippen molar-refractivity contribution in [3.8, 4) is 0 Å². The summed E-state index contributed by atoms with van der Waals surface area (Å²) in [6, 6.07) is -0.148. The Kier molecular flexibility index (Phi) is 4.88. The van der Waals surface area contributed by atoms with Crippen molar-refractivity contribution in [2.24, 2.45) is 5.92 Å². The first kappa shape index (κ1) is 15.8. The van der Waals surface area contributed by atoms with E-state index in [1.54, 1.807) is 12.5 Å². The minimum atomic E-state index is -0.495. The van der Waals surface area contributed by atoms with Crippen LogP contribution in [0.2, 0.25) is 0 Å². The molecule has 1 aromatic rings. The Balaban J connectivity index is 1.94. The van der Waals surface area contributed by atoms with E-state index in [9.17, 15) is 4.79 Å². The monoisotopic (exact) mass is 295 g/mol. The van der Waals surface area contributed by atoms with Gasteiger partial charge < -0.3 is 19.4 Å². The van der Waals surface area contributed by atoms with E-state index in [1.165, 1.54) is 0 Å². The van der Waals surface area contributed by atoms with Crippen LogP contribution in [0.15, 0.2) is 12.5 Å². The summed E-state index contributed by atoms with van der Waals surface area (Å²) in [6.45, 7) is 9.98. The number of aromatic nitrogens is 2. The summed E-state index contributed by atoms with van der Waals surface area (Å²) in [4.78, 5) is 16.0. The fraction of sp³-hybridized carbons (Fsp3) is 0.733. The second kappa shape index (κ2) is 6.47. The summed E-state index contributed by atoms with van der Waals surface area (Å²) >= 11 is 0. The average Bonchev–Trinajstić information content (AvgIpc) is 2.97. The molecule has 0 aromatic carbocycles. The van der Waals surface area contributed by atoms with Crippen molar-refractivity contribution in [1.29, 1.82) is 0 Å². The number of imidazole rings is 1. The minimum Gasteiger partial charge on any atom is -0.444 e. The molecule has 1 fully saturated rings. The van der Waals surface area contributed by atoms with E-state index in [2.05, 4.69) is 14.9 Å². The third-order valence-corrected chi connectivity index (χ3v) is 3.40. The zero-order valence-corrected chi connectivity index (χ0v) is 13.3. The van der Waals surface area contributed by atoms with E-state index in [0.29, 0.717) is 5.92 Å². The van der Waals surface area contributed by atoms with Gasteiger partial charge in [-0.15, -0.1) is 0 Å². The Morgan fingerprint density at radius 2 is 2.38 bits per heavy atom. The van der Waals surface area contributed by atoms with Crippen LogP contribution in [-0.2, 0) is 16.0 Å². The van der Waals surface area contributed by atoms with Crippen molar-refractivity contribution < 1.29 is 14.3 Å². The standard InChI is InChI=1S/C15H25N3O3/c1-11(17-14(19)21-15(2,3)4)13-7-16-10-18(13)8-12-5-6-20-9-12/h7,10-12H,5-6,8-9H2,1-4H3,(H,17,19)/t11-,12?/m1/s1. The predicted molar refractivity (Wildman–Crippen MR) is 78.9 cm³/mol. The zero-order valence-electron chi connectivity index (χ0n) is 13.3. The Bertz CT molecular complexity index is 473. The van der Waals surface area contributed by atoms with E-state index < -0.39 is 11.7 Å². The van der Waals surface area contributed by atoms with E-state index in [-0.39, 0.29) is 6.04 Å². The molecule has 0 radical (unpaired) electrons. The Hall–Kier alpha value is -1.56. The molecule has 1 aromatic heterocycles. The van der Waals surface area contributed by atoms with Gasteiger partial charge >= 0.3 is 6.09 Å². The van der Waals surface area contributed by atoms with Crippen LogP contribution < -0.4 is 5.32 Å². The summed E-state index contributed by atoms with van der Waals surface area (Å²) in [5.41, 5.74) is 0.485. The molecule has 6 heteroatoms. The molecule has 6 nitrogen and oxygen atoms in total. The number of nitrogens with zero attached hydrogens (tertiary/aromatic N) is 2. The predicted octanol–water partition coefficient (Wildman–Crippen LogP) is 2.51.